The minimum atomic E-state index is -4.46. The lowest BCUT2D eigenvalue weighted by atomic mass is 10.0. The molecule has 2 aromatic carbocycles. The van der Waals surface area contributed by atoms with E-state index in [1.54, 1.807) is 37.3 Å². The fourth-order valence-corrected chi connectivity index (χ4v) is 5.27. The second-order valence-corrected chi connectivity index (χ2v) is 10.8. The van der Waals surface area contributed by atoms with Crippen LogP contribution in [0.1, 0.15) is 36.1 Å². The number of alkyl halides is 3. The van der Waals surface area contributed by atoms with Crippen molar-refractivity contribution in [1.29, 1.82) is 0 Å². The summed E-state index contributed by atoms with van der Waals surface area (Å²) >= 11 is 12.4. The maximum absolute atomic E-state index is 13.5. The molecule has 0 spiro atoms. The van der Waals surface area contributed by atoms with Crippen LogP contribution in [0.3, 0.4) is 0 Å². The first-order valence-corrected chi connectivity index (χ1v) is 14.0. The Kier molecular flexibility index (Phi) is 12.1. The van der Waals surface area contributed by atoms with Crippen molar-refractivity contribution in [3.8, 4) is 0 Å². The van der Waals surface area contributed by atoms with E-state index in [1.165, 1.54) is 12.1 Å². The van der Waals surface area contributed by atoms with Gasteiger partial charge in [0.15, 0.2) is 0 Å². The molecule has 1 heterocycles. The summed E-state index contributed by atoms with van der Waals surface area (Å²) < 4.78 is 45.5. The number of hydrogen-bond acceptors (Lipinski definition) is 6. The molecule has 41 heavy (non-hydrogen) atoms. The average Bonchev–Trinajstić information content (AvgIpc) is 2.91. The molecule has 8 nitrogen and oxygen atoms in total. The van der Waals surface area contributed by atoms with Gasteiger partial charge in [-0.25, -0.2) is 0 Å². The van der Waals surface area contributed by atoms with Crippen molar-refractivity contribution in [1.82, 2.24) is 20.9 Å². The standard InChI is InChI=1S/C28H36Cl2F3N5O3/c1-18(17-41-3)35-15-19-12-20(28(31,32)33)4-7-25(19)37-8-10-38(11-9-37)27(40)14-24(36-26(39)16-34-2)22-6-5-21(29)13-23(22)30/h4-7,12-13,18,24,34-35H,8-11,14-17H2,1-3H3,(H,36,39). The summed E-state index contributed by atoms with van der Waals surface area (Å²) in [6.07, 6.45) is -4.47. The molecule has 2 amide bonds. The van der Waals surface area contributed by atoms with E-state index in [-0.39, 0.29) is 37.4 Å². The van der Waals surface area contributed by atoms with Gasteiger partial charge in [0.25, 0.3) is 0 Å². The van der Waals surface area contributed by atoms with Crippen LogP contribution in [0.2, 0.25) is 10.0 Å². The Bertz CT molecular complexity index is 1190. The van der Waals surface area contributed by atoms with Gasteiger partial charge in [-0.2, -0.15) is 13.2 Å². The van der Waals surface area contributed by atoms with Crippen LogP contribution < -0.4 is 20.9 Å². The molecule has 1 saturated heterocycles. The number of anilines is 1. The van der Waals surface area contributed by atoms with Crippen LogP contribution in [-0.2, 0) is 27.0 Å². The summed E-state index contributed by atoms with van der Waals surface area (Å²) in [6.45, 7) is 4.25. The topological polar surface area (TPSA) is 85.9 Å². The monoisotopic (exact) mass is 617 g/mol. The molecule has 1 aliphatic heterocycles. The summed E-state index contributed by atoms with van der Waals surface area (Å²) in [5.74, 6) is -0.461. The number of amides is 2. The Labute approximate surface area is 248 Å². The highest BCUT2D eigenvalue weighted by molar-refractivity contribution is 6.35. The second-order valence-electron chi connectivity index (χ2n) is 9.97. The van der Waals surface area contributed by atoms with Crippen molar-refractivity contribution in [2.75, 3.05) is 58.4 Å². The summed E-state index contributed by atoms with van der Waals surface area (Å²) in [6, 6.07) is 7.94. The first-order valence-electron chi connectivity index (χ1n) is 13.3. The molecule has 0 aromatic heterocycles. The molecule has 13 heteroatoms. The number of halogens is 5. The number of nitrogens with one attached hydrogen (secondary N) is 3. The van der Waals surface area contributed by atoms with E-state index in [0.29, 0.717) is 59.6 Å². The predicted octanol–water partition coefficient (Wildman–Crippen LogP) is 4.25. The molecule has 0 radical (unpaired) electrons. The molecule has 1 aliphatic rings. The van der Waals surface area contributed by atoms with Crippen LogP contribution in [0, 0.1) is 0 Å². The van der Waals surface area contributed by atoms with E-state index in [1.807, 2.05) is 11.8 Å². The molecule has 3 rings (SSSR count). The number of rotatable bonds is 12. The average molecular weight is 619 g/mol. The van der Waals surface area contributed by atoms with Crippen LogP contribution in [0.15, 0.2) is 36.4 Å². The number of carbonyl (C=O) groups excluding carboxylic acids is 2. The number of nitrogens with zero attached hydrogens (tertiary/aromatic N) is 2. The zero-order valence-electron chi connectivity index (χ0n) is 23.3. The Morgan fingerprint density at radius 2 is 1.78 bits per heavy atom. The minimum Gasteiger partial charge on any atom is -0.383 e. The number of likely N-dealkylation sites (N-methyl/N-ethyl adjacent to an activating group) is 1. The number of ether oxygens (including phenoxy) is 1. The van der Waals surface area contributed by atoms with E-state index in [2.05, 4.69) is 16.0 Å². The molecule has 0 saturated carbocycles. The lowest BCUT2D eigenvalue weighted by Gasteiger charge is -2.38. The predicted molar refractivity (Wildman–Crippen MR) is 154 cm³/mol. The fraction of sp³-hybridized carbons (Fsp3) is 0.500. The van der Waals surface area contributed by atoms with Crippen molar-refractivity contribution in [2.24, 2.45) is 0 Å². The normalized spacial score (nSPS) is 15.5. The van der Waals surface area contributed by atoms with E-state index < -0.39 is 17.8 Å². The van der Waals surface area contributed by atoms with Crippen molar-refractivity contribution in [2.45, 2.75) is 38.1 Å². The van der Waals surface area contributed by atoms with Gasteiger partial charge in [0, 0.05) is 61.6 Å². The molecule has 3 N–H and O–H groups in total. The van der Waals surface area contributed by atoms with E-state index in [4.69, 9.17) is 27.9 Å². The number of hydrogen-bond donors (Lipinski definition) is 3. The molecule has 0 bridgehead atoms. The fourth-order valence-electron chi connectivity index (χ4n) is 4.73. The van der Waals surface area contributed by atoms with Crippen LogP contribution in [0.5, 0.6) is 0 Å². The van der Waals surface area contributed by atoms with Crippen molar-refractivity contribution < 1.29 is 27.5 Å². The maximum Gasteiger partial charge on any atom is 0.416 e. The van der Waals surface area contributed by atoms with Gasteiger partial charge in [0.1, 0.15) is 0 Å². The summed E-state index contributed by atoms with van der Waals surface area (Å²) in [5, 5.41) is 9.64. The maximum atomic E-state index is 13.5. The summed E-state index contributed by atoms with van der Waals surface area (Å²) in [5.41, 5.74) is 1.08. The molecular weight excluding hydrogens is 582 g/mol. The highest BCUT2D eigenvalue weighted by Crippen LogP contribution is 2.34. The van der Waals surface area contributed by atoms with E-state index in [0.717, 1.165) is 6.07 Å². The Hall–Kier alpha value is -2.57. The van der Waals surface area contributed by atoms with Gasteiger partial charge in [0.2, 0.25) is 11.8 Å². The van der Waals surface area contributed by atoms with Crippen LogP contribution in [0.4, 0.5) is 18.9 Å². The first kappa shape index (κ1) is 32.9. The Morgan fingerprint density at radius 3 is 2.39 bits per heavy atom. The minimum absolute atomic E-state index is 0.0103. The van der Waals surface area contributed by atoms with E-state index in [9.17, 15) is 22.8 Å². The lowest BCUT2D eigenvalue weighted by Crippen LogP contribution is -2.50. The zero-order valence-corrected chi connectivity index (χ0v) is 24.8. The molecule has 1 fully saturated rings. The largest absolute Gasteiger partial charge is 0.416 e. The van der Waals surface area contributed by atoms with Gasteiger partial charge in [-0.3, -0.25) is 9.59 Å². The SMILES string of the molecule is CNCC(=O)NC(CC(=O)N1CCN(c2ccc(C(F)(F)F)cc2CNC(C)COC)CC1)c1ccc(Cl)cc1Cl. The third kappa shape index (κ3) is 9.47. The number of methoxy groups -OCH3 is 1. The highest BCUT2D eigenvalue weighted by atomic mass is 35.5. The molecule has 2 aromatic rings. The number of benzene rings is 2. The smallest absolute Gasteiger partial charge is 0.383 e. The second kappa shape index (κ2) is 15.1. The Morgan fingerprint density at radius 1 is 1.07 bits per heavy atom. The van der Waals surface area contributed by atoms with E-state index >= 15 is 0 Å². The van der Waals surface area contributed by atoms with Crippen LogP contribution in [-0.4, -0.2) is 76.2 Å². The lowest BCUT2D eigenvalue weighted by molar-refractivity contribution is -0.137. The Balaban J connectivity index is 1.72. The third-order valence-corrected chi connectivity index (χ3v) is 7.39. The number of piperazine rings is 1. The molecular formula is C28H36Cl2F3N5O3. The highest BCUT2D eigenvalue weighted by Gasteiger charge is 2.32. The van der Waals surface area contributed by atoms with Crippen LogP contribution >= 0.6 is 23.2 Å². The van der Waals surface area contributed by atoms with Gasteiger partial charge < -0.3 is 30.5 Å². The van der Waals surface area contributed by atoms with Gasteiger partial charge in [0.05, 0.1) is 31.2 Å². The summed E-state index contributed by atoms with van der Waals surface area (Å²) in [4.78, 5) is 29.4. The molecule has 2 unspecified atom stereocenters. The van der Waals surface area contributed by atoms with Crippen molar-refractivity contribution in [3.05, 3.63) is 63.1 Å². The summed E-state index contributed by atoms with van der Waals surface area (Å²) in [7, 11) is 3.21. The van der Waals surface area contributed by atoms with Gasteiger partial charge in [-0.1, -0.05) is 29.3 Å². The van der Waals surface area contributed by atoms with Gasteiger partial charge >= 0.3 is 6.18 Å². The van der Waals surface area contributed by atoms with Gasteiger partial charge in [-0.15, -0.1) is 0 Å². The first-order chi connectivity index (χ1) is 19.4. The molecule has 226 valence electrons. The quantitative estimate of drug-likeness (QED) is 0.330. The zero-order chi connectivity index (χ0) is 30.2. The molecule has 0 aliphatic carbocycles. The van der Waals surface area contributed by atoms with Gasteiger partial charge in [-0.05, 0) is 55.4 Å². The molecule has 2 atom stereocenters. The van der Waals surface area contributed by atoms with Crippen molar-refractivity contribution >= 4 is 40.7 Å². The van der Waals surface area contributed by atoms with Crippen LogP contribution in [0.25, 0.3) is 0 Å². The van der Waals surface area contributed by atoms with Crippen molar-refractivity contribution in [3.63, 3.8) is 0 Å². The number of carbonyl (C=O) groups is 2. The third-order valence-electron chi connectivity index (χ3n) is 6.83.